The minimum Gasteiger partial charge on any atom is -0.392 e. The van der Waals surface area contributed by atoms with Gasteiger partial charge in [-0.3, -0.25) is 0 Å². The second kappa shape index (κ2) is 7.22. The van der Waals surface area contributed by atoms with Crippen molar-refractivity contribution in [3.8, 4) is 0 Å². The third-order valence-corrected chi connectivity index (χ3v) is 4.02. The van der Waals surface area contributed by atoms with E-state index in [0.29, 0.717) is 5.69 Å². The van der Waals surface area contributed by atoms with Crippen LogP contribution in [-0.2, 0) is 12.8 Å². The lowest BCUT2D eigenvalue weighted by Gasteiger charge is -2.28. The molecular formula is C14H20F3NOS. The highest BCUT2D eigenvalue weighted by Crippen LogP contribution is 2.35. The monoisotopic (exact) mass is 307 g/mol. The molecule has 0 bridgehead atoms. The number of anilines is 1. The zero-order valence-electron chi connectivity index (χ0n) is 11.9. The van der Waals surface area contributed by atoms with Crippen molar-refractivity contribution in [3.05, 3.63) is 29.3 Å². The minimum atomic E-state index is -4.45. The molecule has 6 heteroatoms. The lowest BCUT2D eigenvalue weighted by Crippen LogP contribution is -2.29. The smallest absolute Gasteiger partial charge is 0.392 e. The number of halogens is 3. The number of aliphatic hydroxyl groups excluding tert-OH is 1. The third-order valence-electron chi connectivity index (χ3n) is 3.38. The zero-order chi connectivity index (χ0) is 15.3. The van der Waals surface area contributed by atoms with Gasteiger partial charge < -0.3 is 10.0 Å². The summed E-state index contributed by atoms with van der Waals surface area (Å²) in [6, 6.07) is 4.23. The van der Waals surface area contributed by atoms with Crippen LogP contribution >= 0.6 is 11.8 Å². The summed E-state index contributed by atoms with van der Waals surface area (Å²) in [6.45, 7) is 1.38. The van der Waals surface area contributed by atoms with Gasteiger partial charge in [0.2, 0.25) is 0 Å². The molecule has 0 aliphatic rings. The molecule has 20 heavy (non-hydrogen) atoms. The summed E-state index contributed by atoms with van der Waals surface area (Å²) in [4.78, 5) is 1.84. The molecule has 0 radical (unpaired) electrons. The maximum atomic E-state index is 12.9. The van der Waals surface area contributed by atoms with Crippen LogP contribution in [0.3, 0.4) is 0 Å². The summed E-state index contributed by atoms with van der Waals surface area (Å²) in [5.74, 6) is 0.965. The van der Waals surface area contributed by atoms with Crippen molar-refractivity contribution < 1.29 is 18.3 Å². The maximum Gasteiger partial charge on any atom is 0.416 e. The number of hydrogen-bond donors (Lipinski definition) is 1. The number of alkyl halides is 3. The van der Waals surface area contributed by atoms with Crippen molar-refractivity contribution in [1.82, 2.24) is 0 Å². The maximum absolute atomic E-state index is 12.9. The lowest BCUT2D eigenvalue weighted by atomic mass is 10.1. The molecule has 0 amide bonds. The first-order valence-electron chi connectivity index (χ1n) is 6.34. The van der Waals surface area contributed by atoms with Gasteiger partial charge in [0.25, 0.3) is 0 Å². The first-order chi connectivity index (χ1) is 9.31. The fourth-order valence-corrected chi connectivity index (χ4v) is 2.50. The highest BCUT2D eigenvalue weighted by atomic mass is 32.2. The Morgan fingerprint density at radius 1 is 1.35 bits per heavy atom. The lowest BCUT2D eigenvalue weighted by molar-refractivity contribution is -0.138. The predicted octanol–water partition coefficient (Wildman–Crippen LogP) is 3.78. The van der Waals surface area contributed by atoms with Crippen molar-refractivity contribution in [2.45, 2.75) is 32.2 Å². The number of hydrogen-bond acceptors (Lipinski definition) is 3. The fourth-order valence-electron chi connectivity index (χ4n) is 1.92. The quantitative estimate of drug-likeness (QED) is 0.865. The largest absolute Gasteiger partial charge is 0.416 e. The van der Waals surface area contributed by atoms with Crippen LogP contribution in [0.5, 0.6) is 0 Å². The Morgan fingerprint density at radius 2 is 2.00 bits per heavy atom. The summed E-state index contributed by atoms with van der Waals surface area (Å²) in [6.07, 6.45) is -1.54. The molecule has 114 valence electrons. The van der Waals surface area contributed by atoms with Crippen LogP contribution in [0.2, 0.25) is 0 Å². The average molecular weight is 307 g/mol. The van der Waals surface area contributed by atoms with Crippen LogP contribution in [0.4, 0.5) is 18.9 Å². The molecule has 0 aliphatic heterocycles. The Bertz CT molecular complexity index is 437. The molecule has 1 aromatic rings. The third kappa shape index (κ3) is 4.31. The van der Waals surface area contributed by atoms with Crippen molar-refractivity contribution in [2.24, 2.45) is 0 Å². The van der Waals surface area contributed by atoms with Crippen LogP contribution in [0.1, 0.15) is 24.5 Å². The summed E-state index contributed by atoms with van der Waals surface area (Å²) in [5, 5.41) is 9.02. The van der Waals surface area contributed by atoms with Gasteiger partial charge in [0.15, 0.2) is 0 Å². The summed E-state index contributed by atoms with van der Waals surface area (Å²) < 4.78 is 38.8. The zero-order valence-corrected chi connectivity index (χ0v) is 12.7. The van der Waals surface area contributed by atoms with Gasteiger partial charge in [0.05, 0.1) is 12.2 Å². The number of benzene rings is 1. The van der Waals surface area contributed by atoms with Gasteiger partial charge in [-0.2, -0.15) is 24.9 Å². The van der Waals surface area contributed by atoms with E-state index in [9.17, 15) is 13.2 Å². The Kier molecular flexibility index (Phi) is 6.20. The Balaban J connectivity index is 3.02. The number of rotatable bonds is 6. The van der Waals surface area contributed by atoms with Crippen molar-refractivity contribution >= 4 is 17.4 Å². The highest BCUT2D eigenvalue weighted by molar-refractivity contribution is 7.98. The van der Waals surface area contributed by atoms with E-state index in [1.807, 2.05) is 18.1 Å². The van der Waals surface area contributed by atoms with Gasteiger partial charge in [-0.15, -0.1) is 0 Å². The fraction of sp³-hybridized carbons (Fsp3) is 0.571. The average Bonchev–Trinajstić information content (AvgIpc) is 2.42. The number of nitrogens with zero attached hydrogens (tertiary/aromatic N) is 1. The summed E-state index contributed by atoms with van der Waals surface area (Å²) >= 11 is 1.72. The predicted molar refractivity (Wildman–Crippen MR) is 78.2 cm³/mol. The topological polar surface area (TPSA) is 23.5 Å². The molecule has 1 aromatic carbocycles. The van der Waals surface area contributed by atoms with E-state index in [0.717, 1.165) is 18.2 Å². The summed E-state index contributed by atoms with van der Waals surface area (Å²) in [7, 11) is 1.79. The van der Waals surface area contributed by atoms with E-state index in [1.54, 1.807) is 24.9 Å². The summed E-state index contributed by atoms with van der Waals surface area (Å²) in [5.41, 5.74) is -0.337. The van der Waals surface area contributed by atoms with E-state index in [4.69, 9.17) is 5.11 Å². The second-order valence-electron chi connectivity index (χ2n) is 4.74. The van der Waals surface area contributed by atoms with Gasteiger partial charge in [-0.05, 0) is 43.0 Å². The van der Waals surface area contributed by atoms with Crippen LogP contribution in [-0.4, -0.2) is 30.2 Å². The minimum absolute atomic E-state index is 0.0913. The van der Waals surface area contributed by atoms with Crippen molar-refractivity contribution in [3.63, 3.8) is 0 Å². The number of thioether (sulfide) groups is 1. The number of aliphatic hydroxyl groups is 1. The van der Waals surface area contributed by atoms with Crippen LogP contribution in [0, 0.1) is 0 Å². The standard InChI is InChI=1S/C14H20F3NOS/c1-10(6-7-20-3)18(2)12-5-4-11(9-19)13(8-12)14(15,16)17/h4-5,8,10,19H,6-7,9H2,1-3H3. The second-order valence-corrected chi connectivity index (χ2v) is 5.72. The van der Waals surface area contributed by atoms with Gasteiger partial charge in [-0.1, -0.05) is 6.07 Å². The van der Waals surface area contributed by atoms with Crippen molar-refractivity contribution in [2.75, 3.05) is 24.0 Å². The first kappa shape index (κ1) is 17.2. The molecule has 0 fully saturated rings. The molecule has 0 spiro atoms. The van der Waals surface area contributed by atoms with Crippen LogP contribution < -0.4 is 4.90 Å². The van der Waals surface area contributed by atoms with E-state index < -0.39 is 18.3 Å². The van der Waals surface area contributed by atoms with Crippen molar-refractivity contribution in [1.29, 1.82) is 0 Å². The van der Waals surface area contributed by atoms with Crippen LogP contribution in [0.25, 0.3) is 0 Å². The molecule has 2 nitrogen and oxygen atoms in total. The molecule has 0 heterocycles. The molecule has 1 N–H and O–H groups in total. The van der Waals surface area contributed by atoms with Gasteiger partial charge in [0, 0.05) is 18.8 Å². The Morgan fingerprint density at radius 3 is 2.50 bits per heavy atom. The van der Waals surface area contributed by atoms with E-state index >= 15 is 0 Å². The normalized spacial score (nSPS) is 13.3. The van der Waals surface area contributed by atoms with Crippen LogP contribution in [0.15, 0.2) is 18.2 Å². The molecule has 1 atom stereocenters. The molecule has 1 rings (SSSR count). The molecule has 0 saturated heterocycles. The molecule has 1 unspecified atom stereocenters. The first-order valence-corrected chi connectivity index (χ1v) is 7.73. The van der Waals surface area contributed by atoms with E-state index in [1.165, 1.54) is 6.07 Å². The molecular weight excluding hydrogens is 287 g/mol. The Hall–Kier alpha value is -0.880. The SMILES string of the molecule is CSCCC(C)N(C)c1ccc(CO)c(C(F)(F)F)c1. The Labute approximate surface area is 122 Å². The molecule has 0 aromatic heterocycles. The molecule has 0 aliphatic carbocycles. The van der Waals surface area contributed by atoms with Gasteiger partial charge in [0.1, 0.15) is 0 Å². The molecule has 0 saturated carbocycles. The van der Waals surface area contributed by atoms with Gasteiger partial charge in [-0.25, -0.2) is 0 Å². The highest BCUT2D eigenvalue weighted by Gasteiger charge is 2.33. The van der Waals surface area contributed by atoms with Gasteiger partial charge >= 0.3 is 6.18 Å². The van der Waals surface area contributed by atoms with E-state index in [-0.39, 0.29) is 11.6 Å². The van der Waals surface area contributed by atoms with E-state index in [2.05, 4.69) is 0 Å².